The van der Waals surface area contributed by atoms with E-state index in [4.69, 9.17) is 5.26 Å². The van der Waals surface area contributed by atoms with Gasteiger partial charge in [-0.3, -0.25) is 4.90 Å². The van der Waals surface area contributed by atoms with Crippen LogP contribution >= 0.6 is 0 Å². The Kier molecular flexibility index (Phi) is 4.55. The van der Waals surface area contributed by atoms with Gasteiger partial charge < -0.3 is 10.0 Å². The summed E-state index contributed by atoms with van der Waals surface area (Å²) in [5.74, 6) is 0. The fourth-order valence-corrected chi connectivity index (χ4v) is 2.86. The molecular weight excluding hydrogens is 262 g/mol. The summed E-state index contributed by atoms with van der Waals surface area (Å²) in [7, 11) is 0. The molecule has 1 atom stereocenters. The summed E-state index contributed by atoms with van der Waals surface area (Å²) in [6.45, 7) is 12.3. The van der Waals surface area contributed by atoms with Crippen molar-refractivity contribution in [1.82, 2.24) is 4.90 Å². The van der Waals surface area contributed by atoms with Gasteiger partial charge in [-0.05, 0) is 39.8 Å². The summed E-state index contributed by atoms with van der Waals surface area (Å²) in [4.78, 5) is 4.75. The first-order valence-electron chi connectivity index (χ1n) is 7.55. The van der Waals surface area contributed by atoms with Gasteiger partial charge in [-0.1, -0.05) is 6.07 Å². The molecule has 114 valence electrons. The minimum atomic E-state index is -0.520. The van der Waals surface area contributed by atoms with Crippen molar-refractivity contribution in [3.05, 3.63) is 29.3 Å². The van der Waals surface area contributed by atoms with E-state index in [1.807, 2.05) is 12.1 Å². The lowest BCUT2D eigenvalue weighted by atomic mass is 10.0. The molecule has 1 fully saturated rings. The first-order chi connectivity index (χ1) is 9.82. The molecule has 0 saturated carbocycles. The molecule has 1 aliphatic rings. The molecule has 0 aromatic heterocycles. The van der Waals surface area contributed by atoms with E-state index in [1.54, 1.807) is 13.0 Å². The molecule has 1 heterocycles. The predicted molar refractivity (Wildman–Crippen MR) is 85.3 cm³/mol. The van der Waals surface area contributed by atoms with E-state index in [0.717, 1.165) is 37.4 Å². The molecule has 1 saturated heterocycles. The van der Waals surface area contributed by atoms with Crippen LogP contribution in [-0.2, 0) is 0 Å². The Morgan fingerprint density at radius 2 is 1.81 bits per heavy atom. The fraction of sp³-hybridized carbons (Fsp3) is 0.588. The zero-order valence-corrected chi connectivity index (χ0v) is 13.4. The minimum Gasteiger partial charge on any atom is -0.389 e. The number of hydrogen-bond donors (Lipinski definition) is 1. The van der Waals surface area contributed by atoms with Crippen LogP contribution < -0.4 is 4.90 Å². The van der Waals surface area contributed by atoms with E-state index >= 15 is 0 Å². The number of aliphatic hydroxyl groups is 1. The molecule has 1 aromatic rings. The van der Waals surface area contributed by atoms with E-state index in [2.05, 4.69) is 36.6 Å². The molecule has 0 spiro atoms. The van der Waals surface area contributed by atoms with Crippen molar-refractivity contribution in [2.45, 2.75) is 39.3 Å². The van der Waals surface area contributed by atoms with Crippen LogP contribution in [0.4, 0.5) is 5.69 Å². The highest BCUT2D eigenvalue weighted by atomic mass is 16.3. The average molecular weight is 287 g/mol. The second-order valence-corrected chi connectivity index (χ2v) is 6.71. The number of anilines is 1. The molecule has 1 N–H and O–H groups in total. The Bertz CT molecular complexity index is 532. The molecule has 1 aromatic carbocycles. The maximum Gasteiger partial charge on any atom is 0.0992 e. The number of aliphatic hydroxyl groups excluding tert-OH is 1. The van der Waals surface area contributed by atoms with E-state index in [1.165, 1.54) is 0 Å². The van der Waals surface area contributed by atoms with Gasteiger partial charge in [-0.15, -0.1) is 0 Å². The largest absolute Gasteiger partial charge is 0.389 e. The molecule has 0 amide bonds. The third-order valence-electron chi connectivity index (χ3n) is 4.18. The number of benzene rings is 1. The zero-order valence-electron chi connectivity index (χ0n) is 13.4. The van der Waals surface area contributed by atoms with Crippen molar-refractivity contribution in [3.8, 4) is 6.07 Å². The maximum atomic E-state index is 9.96. The first-order valence-corrected chi connectivity index (χ1v) is 7.55. The predicted octanol–water partition coefficient (Wildman–Crippen LogP) is 2.53. The maximum absolute atomic E-state index is 9.96. The van der Waals surface area contributed by atoms with Gasteiger partial charge in [0.05, 0.1) is 17.7 Å². The van der Waals surface area contributed by atoms with Crippen LogP contribution in [0.2, 0.25) is 0 Å². The van der Waals surface area contributed by atoms with Crippen LogP contribution in [-0.4, -0.2) is 41.7 Å². The molecular formula is C17H25N3O. The smallest absolute Gasteiger partial charge is 0.0992 e. The van der Waals surface area contributed by atoms with Gasteiger partial charge in [-0.25, -0.2) is 0 Å². The normalized spacial score (nSPS) is 18.4. The number of rotatable bonds is 2. The summed E-state index contributed by atoms with van der Waals surface area (Å²) in [5, 5.41) is 19.1. The van der Waals surface area contributed by atoms with Crippen molar-refractivity contribution in [2.75, 3.05) is 31.1 Å². The Balaban J connectivity index is 2.21. The van der Waals surface area contributed by atoms with Crippen LogP contribution in [0.25, 0.3) is 0 Å². The van der Waals surface area contributed by atoms with Crippen molar-refractivity contribution < 1.29 is 5.11 Å². The van der Waals surface area contributed by atoms with Crippen LogP contribution in [0.15, 0.2) is 18.2 Å². The van der Waals surface area contributed by atoms with Gasteiger partial charge in [0.25, 0.3) is 0 Å². The number of hydrogen-bond acceptors (Lipinski definition) is 4. The van der Waals surface area contributed by atoms with Gasteiger partial charge >= 0.3 is 0 Å². The number of piperazine rings is 1. The molecule has 4 heteroatoms. The summed E-state index contributed by atoms with van der Waals surface area (Å²) in [6, 6.07) is 7.73. The van der Waals surface area contributed by atoms with E-state index in [9.17, 15) is 5.11 Å². The zero-order chi connectivity index (χ0) is 15.6. The molecule has 0 radical (unpaired) electrons. The third-order valence-corrected chi connectivity index (χ3v) is 4.18. The van der Waals surface area contributed by atoms with Gasteiger partial charge in [0.2, 0.25) is 0 Å². The lowest BCUT2D eigenvalue weighted by Gasteiger charge is -2.43. The van der Waals surface area contributed by atoms with Gasteiger partial charge in [0.1, 0.15) is 0 Å². The molecule has 21 heavy (non-hydrogen) atoms. The van der Waals surface area contributed by atoms with Crippen molar-refractivity contribution in [3.63, 3.8) is 0 Å². The van der Waals surface area contributed by atoms with Crippen LogP contribution in [0.5, 0.6) is 0 Å². The van der Waals surface area contributed by atoms with Crippen molar-refractivity contribution in [1.29, 1.82) is 5.26 Å². The molecule has 2 rings (SSSR count). The van der Waals surface area contributed by atoms with Gasteiger partial charge in [0.15, 0.2) is 0 Å². The van der Waals surface area contributed by atoms with Crippen LogP contribution in [0, 0.1) is 11.3 Å². The lowest BCUT2D eigenvalue weighted by molar-refractivity contribution is 0.128. The summed E-state index contributed by atoms with van der Waals surface area (Å²) in [5.41, 5.74) is 2.73. The molecule has 4 nitrogen and oxygen atoms in total. The van der Waals surface area contributed by atoms with Gasteiger partial charge in [0, 0.05) is 43.0 Å². The molecule has 0 bridgehead atoms. The SMILES string of the molecule is C[C@@H](O)c1ccc(C#N)cc1N1CCN(C(C)(C)C)CC1. The van der Waals surface area contributed by atoms with E-state index < -0.39 is 6.10 Å². The second-order valence-electron chi connectivity index (χ2n) is 6.71. The topological polar surface area (TPSA) is 50.5 Å². The Hall–Kier alpha value is -1.57. The van der Waals surface area contributed by atoms with Crippen LogP contribution in [0.3, 0.4) is 0 Å². The quantitative estimate of drug-likeness (QED) is 0.908. The van der Waals surface area contributed by atoms with E-state index in [-0.39, 0.29) is 5.54 Å². The summed E-state index contributed by atoms with van der Waals surface area (Å²) >= 11 is 0. The lowest BCUT2D eigenvalue weighted by Crippen LogP contribution is -2.53. The van der Waals surface area contributed by atoms with E-state index in [0.29, 0.717) is 5.56 Å². The highest BCUT2D eigenvalue weighted by Crippen LogP contribution is 2.29. The molecule has 0 unspecified atom stereocenters. The standard InChI is InChI=1S/C17H25N3O/c1-13(21)15-6-5-14(12-18)11-16(15)19-7-9-20(10-8-19)17(2,3)4/h5-6,11,13,21H,7-10H2,1-4H3/t13-/m1/s1. The monoisotopic (exact) mass is 287 g/mol. The first kappa shape index (κ1) is 15.8. The Morgan fingerprint density at radius 1 is 1.19 bits per heavy atom. The van der Waals surface area contributed by atoms with Crippen molar-refractivity contribution in [2.24, 2.45) is 0 Å². The average Bonchev–Trinajstić information content (AvgIpc) is 2.45. The Labute approximate surface area is 127 Å². The van der Waals surface area contributed by atoms with Crippen LogP contribution in [0.1, 0.15) is 44.9 Å². The fourth-order valence-electron chi connectivity index (χ4n) is 2.86. The third kappa shape index (κ3) is 3.55. The second kappa shape index (κ2) is 6.05. The summed E-state index contributed by atoms with van der Waals surface area (Å²) < 4.78 is 0. The number of nitriles is 1. The van der Waals surface area contributed by atoms with Gasteiger partial charge in [-0.2, -0.15) is 5.26 Å². The highest BCUT2D eigenvalue weighted by molar-refractivity contribution is 5.58. The highest BCUT2D eigenvalue weighted by Gasteiger charge is 2.27. The Morgan fingerprint density at radius 3 is 2.29 bits per heavy atom. The molecule has 1 aliphatic heterocycles. The molecule has 0 aliphatic carbocycles. The summed E-state index contributed by atoms with van der Waals surface area (Å²) in [6.07, 6.45) is -0.520. The number of nitrogens with zero attached hydrogens (tertiary/aromatic N) is 3. The van der Waals surface area contributed by atoms with Crippen molar-refractivity contribution >= 4 is 5.69 Å². The minimum absolute atomic E-state index is 0.188.